The molecule has 0 bridgehead atoms. The van der Waals surface area contributed by atoms with Gasteiger partial charge < -0.3 is 5.32 Å². The molecule has 0 aliphatic carbocycles. The van der Waals surface area contributed by atoms with Crippen molar-refractivity contribution in [3.63, 3.8) is 0 Å². The number of hydrogen-bond donors (Lipinski definition) is 1. The van der Waals surface area contributed by atoms with E-state index in [2.05, 4.69) is 10.4 Å². The fourth-order valence-electron chi connectivity index (χ4n) is 2.81. The molecule has 0 aliphatic rings. The van der Waals surface area contributed by atoms with Crippen LogP contribution in [-0.4, -0.2) is 20.6 Å². The Bertz CT molecular complexity index is 1300. The Morgan fingerprint density at radius 3 is 2.61 bits per heavy atom. The summed E-state index contributed by atoms with van der Waals surface area (Å²) < 4.78 is 29.2. The zero-order valence-corrected chi connectivity index (χ0v) is 15.9. The molecule has 0 aliphatic heterocycles. The van der Waals surface area contributed by atoms with E-state index in [1.165, 1.54) is 31.2 Å². The third-order valence-electron chi connectivity index (χ3n) is 4.34. The van der Waals surface area contributed by atoms with Gasteiger partial charge in [0.1, 0.15) is 29.1 Å². The Morgan fingerprint density at radius 2 is 1.97 bits per heavy atom. The van der Waals surface area contributed by atoms with Crippen LogP contribution in [0, 0.1) is 33.1 Å². The average molecular weight is 425 g/mol. The van der Waals surface area contributed by atoms with E-state index in [-0.39, 0.29) is 16.9 Å². The van der Waals surface area contributed by atoms with E-state index in [0.717, 1.165) is 30.3 Å². The molecule has 1 atom stereocenters. The Labute approximate surface area is 173 Å². The number of rotatable bonds is 5. The van der Waals surface area contributed by atoms with Crippen LogP contribution in [0.4, 0.5) is 14.5 Å². The number of nitrogens with zero attached hydrogens (tertiary/aromatic N) is 4. The first-order valence-corrected chi connectivity index (χ1v) is 8.77. The number of amides is 1. The number of non-ortho nitro benzene ring substituents is 1. The van der Waals surface area contributed by atoms with Crippen LogP contribution in [-0.2, 0) is 0 Å². The maximum atomic E-state index is 14.5. The summed E-state index contributed by atoms with van der Waals surface area (Å²) in [7, 11) is 0. The summed E-state index contributed by atoms with van der Waals surface area (Å²) in [4.78, 5) is 34.9. The molecule has 156 valence electrons. The number of benzene rings is 2. The van der Waals surface area contributed by atoms with Gasteiger partial charge in [0.2, 0.25) is 0 Å². The standard InChI is InChI=1S/C20H13F2N5O4/c1-11(14-9-13(27(30)31)8-12(10-23)19(14)22)24-20(29)16-6-7-18(28)26(25-16)17-5-3-2-4-15(17)21/h2-9,11H,1H3,(H,24,29). The molecule has 0 fully saturated rings. The van der Waals surface area contributed by atoms with Crippen LogP contribution in [0.1, 0.15) is 34.6 Å². The summed E-state index contributed by atoms with van der Waals surface area (Å²) in [5, 5.41) is 26.3. The number of nitro groups is 1. The van der Waals surface area contributed by atoms with E-state index in [9.17, 15) is 28.5 Å². The van der Waals surface area contributed by atoms with Crippen LogP contribution < -0.4 is 10.9 Å². The number of hydrogen-bond acceptors (Lipinski definition) is 6. The van der Waals surface area contributed by atoms with Gasteiger partial charge in [0, 0.05) is 23.8 Å². The molecule has 0 saturated carbocycles. The highest BCUT2D eigenvalue weighted by Gasteiger charge is 2.23. The maximum Gasteiger partial charge on any atom is 0.272 e. The normalized spacial score (nSPS) is 11.4. The van der Waals surface area contributed by atoms with Crippen LogP contribution in [0.15, 0.2) is 53.3 Å². The largest absolute Gasteiger partial charge is 0.344 e. The van der Waals surface area contributed by atoms with Gasteiger partial charge in [-0.3, -0.25) is 19.7 Å². The quantitative estimate of drug-likeness (QED) is 0.494. The third kappa shape index (κ3) is 4.27. The number of carbonyl (C=O) groups excluding carboxylic acids is 1. The molecule has 1 amide bonds. The zero-order chi connectivity index (χ0) is 22.7. The molecule has 1 unspecified atom stereocenters. The molecule has 2 aromatic carbocycles. The lowest BCUT2D eigenvalue weighted by Crippen LogP contribution is -2.31. The van der Waals surface area contributed by atoms with Gasteiger partial charge >= 0.3 is 0 Å². The molecule has 0 spiro atoms. The second kappa shape index (κ2) is 8.50. The minimum absolute atomic E-state index is 0.168. The molecule has 3 aromatic rings. The van der Waals surface area contributed by atoms with E-state index < -0.39 is 45.3 Å². The van der Waals surface area contributed by atoms with E-state index >= 15 is 0 Å². The second-order valence-corrected chi connectivity index (χ2v) is 6.38. The van der Waals surface area contributed by atoms with Crippen LogP contribution >= 0.6 is 0 Å². The zero-order valence-electron chi connectivity index (χ0n) is 15.9. The van der Waals surface area contributed by atoms with E-state index in [1.807, 2.05) is 0 Å². The average Bonchev–Trinajstić information content (AvgIpc) is 2.74. The predicted octanol–water partition coefficient (Wildman–Crippen LogP) is 2.78. The van der Waals surface area contributed by atoms with Gasteiger partial charge in [0.25, 0.3) is 17.2 Å². The highest BCUT2D eigenvalue weighted by molar-refractivity contribution is 5.92. The van der Waals surface area contributed by atoms with Gasteiger partial charge in [-0.2, -0.15) is 15.0 Å². The molecule has 1 N–H and O–H groups in total. The molecule has 11 heteroatoms. The fourth-order valence-corrected chi connectivity index (χ4v) is 2.81. The molecule has 0 radical (unpaired) electrons. The van der Waals surface area contributed by atoms with Gasteiger partial charge in [-0.15, -0.1) is 0 Å². The first-order valence-electron chi connectivity index (χ1n) is 8.77. The number of nitriles is 1. The van der Waals surface area contributed by atoms with Crippen molar-refractivity contribution in [2.24, 2.45) is 0 Å². The topological polar surface area (TPSA) is 131 Å². The molecule has 3 rings (SSSR count). The Morgan fingerprint density at radius 1 is 1.26 bits per heavy atom. The molecule has 0 saturated heterocycles. The number of carbonyl (C=O) groups is 1. The molecule has 9 nitrogen and oxygen atoms in total. The lowest BCUT2D eigenvalue weighted by Gasteiger charge is -2.16. The highest BCUT2D eigenvalue weighted by Crippen LogP contribution is 2.26. The van der Waals surface area contributed by atoms with Crippen molar-refractivity contribution >= 4 is 11.6 Å². The molecule has 1 heterocycles. The smallest absolute Gasteiger partial charge is 0.272 e. The number of nitro benzene ring substituents is 1. The van der Waals surface area contributed by atoms with Crippen LogP contribution in [0.25, 0.3) is 5.69 Å². The lowest BCUT2D eigenvalue weighted by molar-refractivity contribution is -0.385. The number of nitrogens with one attached hydrogen (secondary N) is 1. The van der Waals surface area contributed by atoms with Crippen molar-refractivity contribution in [2.45, 2.75) is 13.0 Å². The maximum absolute atomic E-state index is 14.5. The number of aromatic nitrogens is 2. The highest BCUT2D eigenvalue weighted by atomic mass is 19.1. The summed E-state index contributed by atoms with van der Waals surface area (Å²) >= 11 is 0. The summed E-state index contributed by atoms with van der Waals surface area (Å²) in [6, 6.07) is 9.59. The van der Waals surface area contributed by atoms with Crippen molar-refractivity contribution in [3.8, 4) is 11.8 Å². The summed E-state index contributed by atoms with van der Waals surface area (Å²) in [5.41, 5.74) is -2.46. The van der Waals surface area contributed by atoms with Gasteiger partial charge in [0.15, 0.2) is 0 Å². The van der Waals surface area contributed by atoms with E-state index in [4.69, 9.17) is 5.26 Å². The van der Waals surface area contributed by atoms with Crippen molar-refractivity contribution < 1.29 is 18.5 Å². The third-order valence-corrected chi connectivity index (χ3v) is 4.34. The van der Waals surface area contributed by atoms with Crippen molar-refractivity contribution in [2.75, 3.05) is 0 Å². The summed E-state index contributed by atoms with van der Waals surface area (Å²) in [6.45, 7) is 1.36. The van der Waals surface area contributed by atoms with E-state index in [1.54, 1.807) is 0 Å². The van der Waals surface area contributed by atoms with Gasteiger partial charge in [0.05, 0.1) is 16.5 Å². The Hall–Kier alpha value is -4.46. The SMILES string of the molecule is CC(NC(=O)c1ccc(=O)n(-c2ccccc2F)n1)c1cc([N+](=O)[O-])cc(C#N)c1F. The minimum Gasteiger partial charge on any atom is -0.344 e. The number of para-hydroxylation sites is 1. The predicted molar refractivity (Wildman–Crippen MR) is 103 cm³/mol. The minimum atomic E-state index is -1.09. The van der Waals surface area contributed by atoms with Crippen molar-refractivity contribution in [1.82, 2.24) is 15.1 Å². The Kier molecular flexibility index (Phi) is 5.83. The first-order chi connectivity index (χ1) is 14.7. The van der Waals surface area contributed by atoms with Crippen molar-refractivity contribution in [1.29, 1.82) is 5.26 Å². The lowest BCUT2D eigenvalue weighted by atomic mass is 10.0. The molecule has 31 heavy (non-hydrogen) atoms. The van der Waals surface area contributed by atoms with Gasteiger partial charge in [-0.1, -0.05) is 12.1 Å². The fraction of sp³-hybridized carbons (Fsp3) is 0.100. The molecular formula is C20H13F2N5O4. The second-order valence-electron chi connectivity index (χ2n) is 6.38. The van der Waals surface area contributed by atoms with Crippen LogP contribution in [0.5, 0.6) is 0 Å². The molecule has 1 aromatic heterocycles. The van der Waals surface area contributed by atoms with Crippen molar-refractivity contribution in [3.05, 3.63) is 97.5 Å². The van der Waals surface area contributed by atoms with Gasteiger partial charge in [-0.25, -0.2) is 8.78 Å². The Balaban J connectivity index is 1.94. The van der Waals surface area contributed by atoms with E-state index in [0.29, 0.717) is 4.68 Å². The monoisotopic (exact) mass is 425 g/mol. The first kappa shape index (κ1) is 21.3. The van der Waals surface area contributed by atoms with Crippen LogP contribution in [0.2, 0.25) is 0 Å². The summed E-state index contributed by atoms with van der Waals surface area (Å²) in [5.74, 6) is -2.59. The van der Waals surface area contributed by atoms with Gasteiger partial charge in [-0.05, 0) is 25.1 Å². The van der Waals surface area contributed by atoms with Crippen LogP contribution in [0.3, 0.4) is 0 Å². The number of halogens is 2. The summed E-state index contributed by atoms with van der Waals surface area (Å²) in [6.07, 6.45) is 0. The molecular weight excluding hydrogens is 412 g/mol.